The summed E-state index contributed by atoms with van der Waals surface area (Å²) in [6, 6.07) is 5.87. The van der Waals surface area contributed by atoms with Gasteiger partial charge in [0.15, 0.2) is 0 Å². The van der Waals surface area contributed by atoms with Crippen LogP contribution in [0.4, 0.5) is 0 Å². The standard InChI is InChI=1S/C7H7ClNO2S/c1-9-12(10,11)7-4-2-6(8)3-5-7/h2-5H,1H3/q-1. The van der Waals surface area contributed by atoms with Crippen LogP contribution in [0, 0.1) is 0 Å². The van der Waals surface area contributed by atoms with Crippen molar-refractivity contribution in [1.82, 2.24) is 0 Å². The quantitative estimate of drug-likeness (QED) is 0.740. The lowest BCUT2D eigenvalue weighted by atomic mass is 10.4. The minimum absolute atomic E-state index is 0.161. The van der Waals surface area contributed by atoms with Crippen LogP contribution in [0.3, 0.4) is 0 Å². The molecule has 0 aromatic heterocycles. The molecule has 12 heavy (non-hydrogen) atoms. The van der Waals surface area contributed by atoms with Crippen molar-refractivity contribution < 1.29 is 8.42 Å². The molecule has 1 aromatic rings. The minimum Gasteiger partial charge on any atom is -0.547 e. The van der Waals surface area contributed by atoms with Gasteiger partial charge in [-0.15, -0.1) is 0 Å². The van der Waals surface area contributed by atoms with E-state index in [4.69, 9.17) is 11.6 Å². The Bertz CT molecular complexity index is 357. The fourth-order valence-electron chi connectivity index (χ4n) is 0.712. The molecule has 0 bridgehead atoms. The molecule has 0 amide bonds. The molecule has 0 atom stereocenters. The van der Waals surface area contributed by atoms with Gasteiger partial charge in [0.2, 0.25) is 0 Å². The molecule has 0 spiro atoms. The second-order valence-electron chi connectivity index (χ2n) is 2.11. The van der Waals surface area contributed by atoms with Gasteiger partial charge in [0.05, 0.1) is 0 Å². The third-order valence-electron chi connectivity index (χ3n) is 1.35. The van der Waals surface area contributed by atoms with Crippen molar-refractivity contribution in [2.45, 2.75) is 4.90 Å². The van der Waals surface area contributed by atoms with Crippen molar-refractivity contribution in [2.75, 3.05) is 7.05 Å². The van der Waals surface area contributed by atoms with Crippen LogP contribution in [0.25, 0.3) is 4.72 Å². The first-order chi connectivity index (χ1) is 5.56. The zero-order valence-electron chi connectivity index (χ0n) is 6.36. The number of nitrogens with zero attached hydrogens (tertiary/aromatic N) is 1. The summed E-state index contributed by atoms with van der Waals surface area (Å²) in [5.41, 5.74) is 0. The third kappa shape index (κ3) is 1.97. The summed E-state index contributed by atoms with van der Waals surface area (Å²) in [6.07, 6.45) is 0. The second kappa shape index (κ2) is 3.43. The van der Waals surface area contributed by atoms with E-state index in [1.807, 2.05) is 0 Å². The van der Waals surface area contributed by atoms with Gasteiger partial charge in [-0.25, -0.2) is 8.42 Å². The van der Waals surface area contributed by atoms with Gasteiger partial charge >= 0.3 is 0 Å². The van der Waals surface area contributed by atoms with Crippen molar-refractivity contribution in [3.63, 3.8) is 0 Å². The average Bonchev–Trinajstić information content (AvgIpc) is 2.05. The highest BCUT2D eigenvalue weighted by molar-refractivity contribution is 7.94. The molecule has 0 saturated carbocycles. The Balaban J connectivity index is 3.14. The molecule has 3 nitrogen and oxygen atoms in total. The third-order valence-corrected chi connectivity index (χ3v) is 2.95. The molecule has 0 aliphatic heterocycles. The second-order valence-corrected chi connectivity index (χ2v) is 4.33. The van der Waals surface area contributed by atoms with Gasteiger partial charge in [-0.05, 0) is 24.3 Å². The topological polar surface area (TPSA) is 48.2 Å². The van der Waals surface area contributed by atoms with Crippen molar-refractivity contribution in [3.05, 3.63) is 34.0 Å². The normalized spacial score (nSPS) is 11.5. The van der Waals surface area contributed by atoms with Crippen molar-refractivity contribution >= 4 is 21.6 Å². The Kier molecular flexibility index (Phi) is 2.72. The van der Waals surface area contributed by atoms with Crippen molar-refractivity contribution in [1.29, 1.82) is 0 Å². The molecule has 1 rings (SSSR count). The first-order valence-electron chi connectivity index (χ1n) is 3.18. The monoisotopic (exact) mass is 204 g/mol. The van der Waals surface area contributed by atoms with E-state index in [0.717, 1.165) is 0 Å². The highest BCUT2D eigenvalue weighted by Gasteiger charge is 2.00. The van der Waals surface area contributed by atoms with Crippen LogP contribution in [0.1, 0.15) is 0 Å². The Labute approximate surface area is 76.4 Å². The number of halogens is 1. The van der Waals surface area contributed by atoms with Crippen LogP contribution in [0.15, 0.2) is 29.2 Å². The maximum Gasteiger partial charge on any atom is 0.101 e. The Morgan fingerprint density at radius 1 is 1.25 bits per heavy atom. The molecule has 0 saturated heterocycles. The average molecular weight is 205 g/mol. The summed E-state index contributed by atoms with van der Waals surface area (Å²) in [6.45, 7) is 0. The number of hydrogen-bond acceptors (Lipinski definition) is 2. The predicted octanol–water partition coefficient (Wildman–Crippen LogP) is 2.03. The molecule has 66 valence electrons. The van der Waals surface area contributed by atoms with Crippen LogP contribution in [-0.4, -0.2) is 15.5 Å². The lowest BCUT2D eigenvalue weighted by Crippen LogP contribution is -1.96. The molecule has 0 fully saturated rings. The fraction of sp³-hybridized carbons (Fsp3) is 0.143. The Morgan fingerprint density at radius 2 is 1.75 bits per heavy atom. The number of benzene rings is 1. The molecule has 0 radical (unpaired) electrons. The van der Waals surface area contributed by atoms with E-state index in [9.17, 15) is 8.42 Å². The van der Waals surface area contributed by atoms with Gasteiger partial charge < -0.3 is 4.72 Å². The van der Waals surface area contributed by atoms with Gasteiger partial charge in [-0.3, -0.25) is 0 Å². The largest absolute Gasteiger partial charge is 0.547 e. The zero-order chi connectivity index (χ0) is 9.19. The molecule has 0 aliphatic carbocycles. The van der Waals surface area contributed by atoms with Crippen molar-refractivity contribution in [2.24, 2.45) is 0 Å². The van der Waals surface area contributed by atoms with Crippen LogP contribution in [-0.2, 0) is 10.0 Å². The zero-order valence-corrected chi connectivity index (χ0v) is 7.93. The van der Waals surface area contributed by atoms with E-state index in [1.54, 1.807) is 0 Å². The van der Waals surface area contributed by atoms with Crippen molar-refractivity contribution in [3.8, 4) is 0 Å². The lowest BCUT2D eigenvalue weighted by Gasteiger charge is -2.12. The molecule has 0 aliphatic rings. The first kappa shape index (κ1) is 9.51. The van der Waals surface area contributed by atoms with E-state index in [0.29, 0.717) is 5.02 Å². The molecule has 0 heterocycles. The molecule has 0 unspecified atom stereocenters. The van der Waals surface area contributed by atoms with Crippen LogP contribution in [0.5, 0.6) is 0 Å². The molecular formula is C7H7ClNO2S-. The van der Waals surface area contributed by atoms with Gasteiger partial charge in [0, 0.05) is 9.92 Å². The SMILES string of the molecule is C[N-]S(=O)(=O)c1ccc(Cl)cc1. The Hall–Kier alpha value is -0.580. The molecule has 1 aromatic carbocycles. The fourth-order valence-corrected chi connectivity index (χ4v) is 1.53. The van der Waals surface area contributed by atoms with E-state index < -0.39 is 10.0 Å². The summed E-state index contributed by atoms with van der Waals surface area (Å²) in [5.74, 6) is 0. The molecular weight excluding hydrogens is 198 g/mol. The predicted molar refractivity (Wildman–Crippen MR) is 47.9 cm³/mol. The van der Waals surface area contributed by atoms with E-state index in [1.165, 1.54) is 31.3 Å². The maximum absolute atomic E-state index is 11.1. The van der Waals surface area contributed by atoms with E-state index >= 15 is 0 Å². The van der Waals surface area contributed by atoms with Gasteiger partial charge in [0.25, 0.3) is 0 Å². The number of rotatable bonds is 2. The molecule has 5 heteroatoms. The highest BCUT2D eigenvalue weighted by atomic mass is 35.5. The summed E-state index contributed by atoms with van der Waals surface area (Å²) < 4.78 is 25.5. The van der Waals surface area contributed by atoms with Gasteiger partial charge in [-0.2, -0.15) is 7.05 Å². The van der Waals surface area contributed by atoms with Gasteiger partial charge in [0.1, 0.15) is 10.0 Å². The van der Waals surface area contributed by atoms with Gasteiger partial charge in [-0.1, -0.05) is 11.6 Å². The minimum atomic E-state index is -3.45. The van der Waals surface area contributed by atoms with E-state index in [2.05, 4.69) is 4.72 Å². The van der Waals surface area contributed by atoms with Crippen LogP contribution in [0.2, 0.25) is 5.02 Å². The highest BCUT2D eigenvalue weighted by Crippen LogP contribution is 2.17. The van der Waals surface area contributed by atoms with Crippen LogP contribution >= 0.6 is 11.6 Å². The first-order valence-corrected chi connectivity index (χ1v) is 5.00. The van der Waals surface area contributed by atoms with E-state index in [-0.39, 0.29) is 4.90 Å². The summed E-state index contributed by atoms with van der Waals surface area (Å²) in [4.78, 5) is 0.161. The summed E-state index contributed by atoms with van der Waals surface area (Å²) in [5, 5.41) is 0.505. The molecule has 0 N–H and O–H groups in total. The number of hydrogen-bond donors (Lipinski definition) is 0. The maximum atomic E-state index is 11.1. The summed E-state index contributed by atoms with van der Waals surface area (Å²) >= 11 is 5.58. The van der Waals surface area contributed by atoms with Crippen LogP contribution < -0.4 is 0 Å². The Morgan fingerprint density at radius 3 is 2.17 bits per heavy atom. The smallest absolute Gasteiger partial charge is 0.101 e. The number of sulfonamides is 1. The lowest BCUT2D eigenvalue weighted by molar-refractivity contribution is 0.602. The summed E-state index contributed by atoms with van der Waals surface area (Å²) in [7, 11) is -2.21.